The van der Waals surface area contributed by atoms with E-state index in [-0.39, 0.29) is 41.0 Å². The second kappa shape index (κ2) is 18.4. The summed E-state index contributed by atoms with van der Waals surface area (Å²) in [7, 11) is 0. The van der Waals surface area contributed by atoms with E-state index in [1.807, 2.05) is 24.4 Å². The Balaban J connectivity index is 0.00000540. The molecule has 0 atom stereocenters. The first-order valence-corrected chi connectivity index (χ1v) is 27.5. The number of hydrogen-bond donors (Lipinski definition) is 0. The van der Waals surface area contributed by atoms with Crippen molar-refractivity contribution in [1.82, 2.24) is 14.1 Å². The standard InChI is InChI=1S/C70H46N4OSe.Pt/c1-70(2,3)47-36-37-71-67(40-47)74-62-28-12-11-24-56(62)57-33-32-50(42-64(57)74)75-49-19-13-18-48(41-49)72-43-73-68-51(46-31-35-66-61(39-46)60-38-45(30-34-65(60)76-66)44-16-5-4-6-17-44)25-14-26-58(68)54-22-9-7-20-52(54)53-21-8-10-23-55(53)59-27-15-29-63(72)69(59)73;/h4-40H,1-3H3;/q-2;. The SMILES string of the molecule is CC(C)(C)c1ccnc(-n2c3[c-]c(Oc4[c-]c(-n5[c-][n+]6c7c(cccc75)-c5ccccc5-c5ccccc5-c5cccc(-c7ccc8[se]c9ccc(-c%10ccccc%10)cc9c8c7)c5-6)ccc4)ccc3c3ccccc32)c1.[Pt]. The molecule has 0 N–H and O–H groups in total. The third-order valence-electron chi connectivity index (χ3n) is 15.2. The fraction of sp³-hybridized carbons (Fsp3) is 0.0571. The van der Waals surface area contributed by atoms with Gasteiger partial charge in [0.15, 0.2) is 0 Å². The molecule has 15 rings (SSSR count). The topological polar surface area (TPSA) is 35.9 Å². The van der Waals surface area contributed by atoms with E-state index >= 15 is 0 Å². The predicted molar refractivity (Wildman–Crippen MR) is 311 cm³/mol. The summed E-state index contributed by atoms with van der Waals surface area (Å²) in [6, 6.07) is 86.3. The maximum absolute atomic E-state index is 6.79. The number of aromatic nitrogens is 4. The Hall–Kier alpha value is -8.37. The molecule has 1 aliphatic heterocycles. The van der Waals surface area contributed by atoms with Crippen LogP contribution in [0.25, 0.3) is 125 Å². The van der Waals surface area contributed by atoms with Gasteiger partial charge in [0.1, 0.15) is 5.82 Å². The molecule has 370 valence electrons. The summed E-state index contributed by atoms with van der Waals surface area (Å²) in [6.45, 7) is 6.69. The van der Waals surface area contributed by atoms with Crippen molar-refractivity contribution in [2.24, 2.45) is 0 Å². The van der Waals surface area contributed by atoms with Crippen molar-refractivity contribution in [2.45, 2.75) is 26.2 Å². The molecular formula is C70H46N4OPtSe-2. The second-order valence-electron chi connectivity index (χ2n) is 20.7. The van der Waals surface area contributed by atoms with Gasteiger partial charge in [0.05, 0.1) is 0 Å². The molecule has 0 saturated carbocycles. The quantitative estimate of drug-likeness (QED) is 0.0945. The van der Waals surface area contributed by atoms with Crippen LogP contribution in [0.5, 0.6) is 11.5 Å². The van der Waals surface area contributed by atoms with Crippen LogP contribution in [0.4, 0.5) is 0 Å². The molecule has 10 aromatic carbocycles. The fourth-order valence-corrected chi connectivity index (χ4v) is 13.8. The van der Waals surface area contributed by atoms with Gasteiger partial charge in [0.25, 0.3) is 0 Å². The van der Waals surface area contributed by atoms with Gasteiger partial charge in [0, 0.05) is 38.5 Å². The van der Waals surface area contributed by atoms with Gasteiger partial charge in [-0.3, -0.25) is 0 Å². The zero-order valence-electron chi connectivity index (χ0n) is 42.3. The first-order valence-electron chi connectivity index (χ1n) is 25.8. The molecule has 0 unspecified atom stereocenters. The van der Waals surface area contributed by atoms with E-state index in [0.717, 1.165) is 83.4 Å². The van der Waals surface area contributed by atoms with Crippen molar-refractivity contribution in [3.8, 4) is 84.3 Å². The molecule has 77 heavy (non-hydrogen) atoms. The number of ether oxygens (including phenoxy) is 1. The Morgan fingerprint density at radius 1 is 0.481 bits per heavy atom. The van der Waals surface area contributed by atoms with Crippen molar-refractivity contribution < 1.29 is 30.4 Å². The Kier molecular flexibility index (Phi) is 11.3. The third-order valence-corrected chi connectivity index (χ3v) is 17.6. The van der Waals surface area contributed by atoms with Gasteiger partial charge >= 0.3 is 303 Å². The summed E-state index contributed by atoms with van der Waals surface area (Å²) in [4.78, 5) is 4.90. The molecule has 1 aliphatic rings. The molecular weight excluding hydrogens is 1190 g/mol. The first-order chi connectivity index (χ1) is 37.3. The van der Waals surface area contributed by atoms with E-state index in [1.165, 1.54) is 47.1 Å². The van der Waals surface area contributed by atoms with E-state index in [2.05, 4.69) is 253 Å². The number of nitrogens with zero attached hydrogens (tertiary/aromatic N) is 4. The van der Waals surface area contributed by atoms with Gasteiger partial charge in [-0.25, -0.2) is 4.98 Å². The number of pyridine rings is 1. The van der Waals surface area contributed by atoms with Crippen LogP contribution in [0, 0.1) is 18.5 Å². The van der Waals surface area contributed by atoms with Crippen molar-refractivity contribution in [2.75, 3.05) is 0 Å². The molecule has 4 aromatic heterocycles. The minimum atomic E-state index is -0.0418. The maximum atomic E-state index is 6.79. The average molecular weight is 1230 g/mol. The molecule has 7 heteroatoms. The van der Waals surface area contributed by atoms with E-state index in [9.17, 15) is 0 Å². The molecule has 0 amide bonds. The monoisotopic (exact) mass is 1230 g/mol. The van der Waals surface area contributed by atoms with Crippen LogP contribution in [0.15, 0.2) is 225 Å². The molecule has 5 nitrogen and oxygen atoms in total. The molecule has 5 heterocycles. The molecule has 0 bridgehead atoms. The Morgan fingerprint density at radius 3 is 1.87 bits per heavy atom. The normalized spacial score (nSPS) is 12.0. The number of rotatable bonds is 6. The number of imidazole rings is 1. The number of fused-ring (bicyclic) bond motifs is 13. The van der Waals surface area contributed by atoms with Crippen LogP contribution >= 0.6 is 0 Å². The summed E-state index contributed by atoms with van der Waals surface area (Å²) in [5.74, 6) is 2.00. The van der Waals surface area contributed by atoms with Crippen molar-refractivity contribution in [3.63, 3.8) is 0 Å². The summed E-state index contributed by atoms with van der Waals surface area (Å²) < 4.78 is 16.3. The van der Waals surface area contributed by atoms with E-state index in [4.69, 9.17) is 9.72 Å². The van der Waals surface area contributed by atoms with Crippen LogP contribution in [-0.2, 0) is 26.5 Å². The minimum absolute atomic E-state index is 0. The van der Waals surface area contributed by atoms with Gasteiger partial charge in [-0.1, -0.05) is 44.5 Å². The van der Waals surface area contributed by atoms with Gasteiger partial charge in [-0.15, -0.1) is 23.6 Å². The molecule has 0 fully saturated rings. The van der Waals surface area contributed by atoms with E-state index < -0.39 is 0 Å². The molecule has 0 aliphatic carbocycles. The molecule has 14 aromatic rings. The van der Waals surface area contributed by atoms with E-state index in [1.54, 1.807) is 0 Å². The van der Waals surface area contributed by atoms with Gasteiger partial charge < -0.3 is 9.30 Å². The summed E-state index contributed by atoms with van der Waals surface area (Å²) >= 11 is 0.215. The summed E-state index contributed by atoms with van der Waals surface area (Å²) in [5.41, 5.74) is 18.7. The first kappa shape index (κ1) is 47.1. The fourth-order valence-electron chi connectivity index (χ4n) is 11.5. The Morgan fingerprint density at radius 2 is 1.09 bits per heavy atom. The second-order valence-corrected chi connectivity index (χ2v) is 23.0. The van der Waals surface area contributed by atoms with Crippen LogP contribution < -0.4 is 9.30 Å². The molecule has 0 spiro atoms. The third kappa shape index (κ3) is 7.77. The Bertz CT molecular complexity index is 4670. The van der Waals surface area contributed by atoms with Gasteiger partial charge in [-0.05, 0) is 34.6 Å². The zero-order chi connectivity index (χ0) is 50.6. The zero-order valence-corrected chi connectivity index (χ0v) is 46.3. The van der Waals surface area contributed by atoms with Crippen LogP contribution in [-0.4, -0.2) is 28.6 Å². The van der Waals surface area contributed by atoms with Crippen LogP contribution in [0.3, 0.4) is 0 Å². The summed E-state index contributed by atoms with van der Waals surface area (Å²) in [5, 5.41) is 4.85. The average Bonchev–Trinajstić information content (AvgIpc) is 4.34. The number of benzene rings is 10. The number of para-hydroxylation sites is 3. The molecule has 0 radical (unpaired) electrons. The van der Waals surface area contributed by atoms with Gasteiger partial charge in [0.2, 0.25) is 0 Å². The molecule has 0 saturated heterocycles. The smallest absolute Gasteiger partial charge is 0.159 e. The van der Waals surface area contributed by atoms with Crippen LogP contribution in [0.2, 0.25) is 0 Å². The predicted octanol–water partition coefficient (Wildman–Crippen LogP) is 16.9. The van der Waals surface area contributed by atoms with Gasteiger partial charge in [-0.2, -0.15) is 6.07 Å². The minimum Gasteiger partial charge on any atom is -0.159 e. The number of hydrogen-bond acceptors (Lipinski definition) is 2. The van der Waals surface area contributed by atoms with Crippen molar-refractivity contribution in [3.05, 3.63) is 249 Å². The van der Waals surface area contributed by atoms with E-state index in [0.29, 0.717) is 11.5 Å². The Labute approximate surface area is 466 Å². The van der Waals surface area contributed by atoms with Crippen molar-refractivity contribution in [1.29, 1.82) is 0 Å². The summed E-state index contributed by atoms with van der Waals surface area (Å²) in [6.07, 6.45) is 5.87. The van der Waals surface area contributed by atoms with Crippen LogP contribution in [0.1, 0.15) is 26.3 Å². The van der Waals surface area contributed by atoms with Crippen molar-refractivity contribution >= 4 is 66.6 Å².